The molecule has 15 heavy (non-hydrogen) atoms. The average molecular weight is 211 g/mol. The topological polar surface area (TPSA) is 46.6 Å². The molecule has 0 aromatic carbocycles. The number of likely N-dealkylation sites (tertiary alicyclic amines) is 1. The van der Waals surface area contributed by atoms with Crippen LogP contribution in [0.1, 0.15) is 32.1 Å². The molecule has 2 aliphatic heterocycles. The molecule has 0 aromatic heterocycles. The summed E-state index contributed by atoms with van der Waals surface area (Å²) >= 11 is 0. The molecule has 2 fully saturated rings. The number of carbonyl (C=O) groups is 2. The molecule has 2 saturated heterocycles. The van der Waals surface area contributed by atoms with E-state index in [9.17, 15) is 9.59 Å². The molecule has 1 unspecified atom stereocenters. The van der Waals surface area contributed by atoms with E-state index in [1.807, 2.05) is 0 Å². The first-order valence-corrected chi connectivity index (χ1v) is 5.69. The average Bonchev–Trinajstić information content (AvgIpc) is 2.67. The van der Waals surface area contributed by atoms with Crippen LogP contribution < -0.4 is 0 Å². The lowest BCUT2D eigenvalue weighted by Crippen LogP contribution is -2.39. The second-order valence-electron chi connectivity index (χ2n) is 4.22. The Morgan fingerprint density at radius 3 is 2.87 bits per heavy atom. The Balaban J connectivity index is 1.91. The highest BCUT2D eigenvalue weighted by atomic mass is 16.5. The molecule has 2 aliphatic rings. The van der Waals surface area contributed by atoms with E-state index in [1.165, 1.54) is 0 Å². The predicted molar refractivity (Wildman–Crippen MR) is 54.4 cm³/mol. The van der Waals surface area contributed by atoms with Gasteiger partial charge in [-0.15, -0.1) is 0 Å². The lowest BCUT2D eigenvalue weighted by Gasteiger charge is -2.22. The maximum absolute atomic E-state index is 11.9. The van der Waals surface area contributed by atoms with Gasteiger partial charge in [0.05, 0.1) is 0 Å². The van der Waals surface area contributed by atoms with Crippen molar-refractivity contribution in [2.75, 3.05) is 19.7 Å². The van der Waals surface area contributed by atoms with Crippen molar-refractivity contribution in [2.24, 2.45) is 0 Å². The summed E-state index contributed by atoms with van der Waals surface area (Å²) in [7, 11) is 0. The largest absolute Gasteiger partial charge is 0.368 e. The van der Waals surface area contributed by atoms with Gasteiger partial charge >= 0.3 is 0 Å². The Kier molecular flexibility index (Phi) is 3.36. The van der Waals surface area contributed by atoms with Crippen LogP contribution >= 0.6 is 0 Å². The smallest absolute Gasteiger partial charge is 0.251 e. The van der Waals surface area contributed by atoms with Crippen LogP contribution in [-0.2, 0) is 14.3 Å². The van der Waals surface area contributed by atoms with Gasteiger partial charge in [0, 0.05) is 32.5 Å². The minimum absolute atomic E-state index is 0.0854. The van der Waals surface area contributed by atoms with Gasteiger partial charge < -0.3 is 9.64 Å². The van der Waals surface area contributed by atoms with Crippen molar-refractivity contribution < 1.29 is 14.3 Å². The van der Waals surface area contributed by atoms with Crippen LogP contribution in [-0.4, -0.2) is 42.4 Å². The van der Waals surface area contributed by atoms with E-state index in [-0.39, 0.29) is 17.8 Å². The van der Waals surface area contributed by atoms with Crippen molar-refractivity contribution in [3.05, 3.63) is 0 Å². The molecule has 0 N–H and O–H groups in total. The number of ketones is 1. The van der Waals surface area contributed by atoms with E-state index in [4.69, 9.17) is 4.74 Å². The normalized spacial score (nSPS) is 27.9. The fourth-order valence-corrected chi connectivity index (χ4v) is 2.16. The Labute approximate surface area is 89.6 Å². The number of amides is 1. The summed E-state index contributed by atoms with van der Waals surface area (Å²) in [6.45, 7) is 1.99. The zero-order valence-corrected chi connectivity index (χ0v) is 8.91. The van der Waals surface area contributed by atoms with Crippen molar-refractivity contribution in [3.63, 3.8) is 0 Å². The van der Waals surface area contributed by atoms with Crippen molar-refractivity contribution in [2.45, 2.75) is 38.2 Å². The van der Waals surface area contributed by atoms with Gasteiger partial charge in [-0.25, -0.2) is 0 Å². The second-order valence-corrected chi connectivity index (χ2v) is 4.22. The SMILES string of the molecule is O=C1CCCN(C(=O)C2CCCO2)CC1. The molecule has 0 bridgehead atoms. The van der Waals surface area contributed by atoms with E-state index in [0.717, 1.165) is 19.3 Å². The summed E-state index contributed by atoms with van der Waals surface area (Å²) in [5.41, 5.74) is 0. The van der Waals surface area contributed by atoms with Crippen LogP contribution in [0.3, 0.4) is 0 Å². The molecule has 0 aromatic rings. The lowest BCUT2D eigenvalue weighted by atomic mass is 10.2. The van der Waals surface area contributed by atoms with E-state index in [1.54, 1.807) is 4.90 Å². The van der Waals surface area contributed by atoms with Gasteiger partial charge in [-0.3, -0.25) is 9.59 Å². The zero-order valence-electron chi connectivity index (χ0n) is 8.91. The molecule has 84 valence electrons. The van der Waals surface area contributed by atoms with Gasteiger partial charge in [0.25, 0.3) is 5.91 Å². The number of nitrogens with zero attached hydrogens (tertiary/aromatic N) is 1. The number of carbonyl (C=O) groups excluding carboxylic acids is 2. The molecule has 0 radical (unpaired) electrons. The van der Waals surface area contributed by atoms with Gasteiger partial charge in [0.1, 0.15) is 11.9 Å². The Bertz CT molecular complexity index is 259. The van der Waals surface area contributed by atoms with E-state index in [2.05, 4.69) is 0 Å². The number of Topliss-reactive ketones (excluding diaryl/α,β-unsaturated/α-hetero) is 1. The molecule has 0 aliphatic carbocycles. The summed E-state index contributed by atoms with van der Waals surface area (Å²) < 4.78 is 5.36. The summed E-state index contributed by atoms with van der Waals surface area (Å²) in [5.74, 6) is 0.361. The molecule has 2 rings (SSSR count). The van der Waals surface area contributed by atoms with Crippen LogP contribution in [0.2, 0.25) is 0 Å². The summed E-state index contributed by atoms with van der Waals surface area (Å²) in [6, 6.07) is 0. The highest BCUT2D eigenvalue weighted by molar-refractivity contribution is 5.83. The lowest BCUT2D eigenvalue weighted by molar-refractivity contribution is -0.140. The minimum atomic E-state index is -0.238. The third kappa shape index (κ3) is 2.56. The van der Waals surface area contributed by atoms with Crippen molar-refractivity contribution in [3.8, 4) is 0 Å². The summed E-state index contributed by atoms with van der Waals surface area (Å²) in [5, 5.41) is 0. The van der Waals surface area contributed by atoms with Crippen molar-refractivity contribution >= 4 is 11.7 Å². The fraction of sp³-hybridized carbons (Fsp3) is 0.818. The number of rotatable bonds is 1. The van der Waals surface area contributed by atoms with Crippen LogP contribution in [0.25, 0.3) is 0 Å². The predicted octanol–water partition coefficient (Wildman–Crippen LogP) is 0.747. The highest BCUT2D eigenvalue weighted by Gasteiger charge is 2.29. The first-order chi connectivity index (χ1) is 7.27. The quantitative estimate of drug-likeness (QED) is 0.643. The third-order valence-electron chi connectivity index (χ3n) is 3.06. The van der Waals surface area contributed by atoms with Crippen LogP contribution in [0, 0.1) is 0 Å². The van der Waals surface area contributed by atoms with Crippen LogP contribution in [0.5, 0.6) is 0 Å². The minimum Gasteiger partial charge on any atom is -0.368 e. The van der Waals surface area contributed by atoms with Gasteiger partial charge in [-0.1, -0.05) is 0 Å². The molecule has 0 saturated carbocycles. The van der Waals surface area contributed by atoms with Crippen LogP contribution in [0.15, 0.2) is 0 Å². The van der Waals surface area contributed by atoms with Crippen LogP contribution in [0.4, 0.5) is 0 Å². The molecule has 2 heterocycles. The molecular formula is C11H17NO3. The standard InChI is InChI=1S/C11H17NO3/c13-9-3-1-6-12(7-5-9)11(14)10-4-2-8-15-10/h10H,1-8H2. The number of ether oxygens (including phenoxy) is 1. The molecule has 4 heteroatoms. The van der Waals surface area contributed by atoms with Gasteiger partial charge in [0.15, 0.2) is 0 Å². The van der Waals surface area contributed by atoms with E-state index in [0.29, 0.717) is 32.5 Å². The summed E-state index contributed by atoms with van der Waals surface area (Å²) in [6.07, 6.45) is 3.51. The maximum Gasteiger partial charge on any atom is 0.251 e. The highest BCUT2D eigenvalue weighted by Crippen LogP contribution is 2.16. The monoisotopic (exact) mass is 211 g/mol. The number of hydrogen-bond acceptors (Lipinski definition) is 3. The van der Waals surface area contributed by atoms with E-state index < -0.39 is 0 Å². The molecule has 1 amide bonds. The fourth-order valence-electron chi connectivity index (χ4n) is 2.16. The molecule has 1 atom stereocenters. The summed E-state index contributed by atoms with van der Waals surface area (Å²) in [4.78, 5) is 24.9. The first kappa shape index (κ1) is 10.6. The first-order valence-electron chi connectivity index (χ1n) is 5.69. The van der Waals surface area contributed by atoms with E-state index >= 15 is 0 Å². The third-order valence-corrected chi connectivity index (χ3v) is 3.06. The maximum atomic E-state index is 11.9. The Morgan fingerprint density at radius 1 is 1.27 bits per heavy atom. The Hall–Kier alpha value is -0.900. The van der Waals surface area contributed by atoms with Gasteiger partial charge in [-0.2, -0.15) is 0 Å². The number of hydrogen-bond donors (Lipinski definition) is 0. The molecule has 0 spiro atoms. The van der Waals surface area contributed by atoms with Gasteiger partial charge in [0.2, 0.25) is 0 Å². The second kappa shape index (κ2) is 4.75. The molecule has 4 nitrogen and oxygen atoms in total. The Morgan fingerprint density at radius 2 is 2.13 bits per heavy atom. The molecular weight excluding hydrogens is 194 g/mol. The van der Waals surface area contributed by atoms with Crippen molar-refractivity contribution in [1.29, 1.82) is 0 Å². The zero-order chi connectivity index (χ0) is 10.7. The van der Waals surface area contributed by atoms with Crippen molar-refractivity contribution in [1.82, 2.24) is 4.90 Å². The van der Waals surface area contributed by atoms with Gasteiger partial charge in [-0.05, 0) is 19.3 Å².